The first-order chi connectivity index (χ1) is 13.6. The summed E-state index contributed by atoms with van der Waals surface area (Å²) in [6.07, 6.45) is 0. The van der Waals surface area contributed by atoms with Crippen LogP contribution in [0.2, 0.25) is 0 Å². The molecular weight excluding hydrogens is 394 g/mol. The molecular formula is C20H25N3O5S. The predicted molar refractivity (Wildman–Crippen MR) is 110 cm³/mol. The number of rotatable bonds is 7. The largest absolute Gasteiger partial charge is 0.454 e. The number of anilines is 1. The third-order valence-electron chi connectivity index (χ3n) is 4.82. The maximum atomic E-state index is 12.4. The van der Waals surface area contributed by atoms with Crippen molar-refractivity contribution in [3.63, 3.8) is 0 Å². The molecule has 1 amide bonds. The Morgan fingerprint density at radius 2 is 1.83 bits per heavy atom. The van der Waals surface area contributed by atoms with E-state index in [2.05, 4.69) is 15.4 Å². The van der Waals surface area contributed by atoms with Crippen molar-refractivity contribution in [2.24, 2.45) is 0 Å². The first kappa shape index (κ1) is 21.1. The molecule has 0 radical (unpaired) electrons. The fraction of sp³-hybridized carbons (Fsp3) is 0.350. The molecule has 2 aromatic carbocycles. The molecule has 29 heavy (non-hydrogen) atoms. The maximum absolute atomic E-state index is 12.4. The second kappa shape index (κ2) is 8.02. The minimum atomic E-state index is -3.60. The standard InChI is InChI=1S/C20H25N3O5S/c1-13-5-7-15(10-18(13)29(25,26)21-4)23-19(24)11-22-20(2,3)14-6-8-16-17(9-14)28-12-27-16/h5-10,21-22H,11-12H2,1-4H3,(H,23,24). The molecule has 1 aliphatic rings. The number of ether oxygens (including phenoxy) is 2. The summed E-state index contributed by atoms with van der Waals surface area (Å²) < 4.78 is 37.2. The molecule has 8 nitrogen and oxygen atoms in total. The minimum Gasteiger partial charge on any atom is -0.454 e. The van der Waals surface area contributed by atoms with Crippen LogP contribution in [0.5, 0.6) is 11.5 Å². The summed E-state index contributed by atoms with van der Waals surface area (Å²) in [6.45, 7) is 5.87. The van der Waals surface area contributed by atoms with Crippen LogP contribution in [0, 0.1) is 6.92 Å². The van der Waals surface area contributed by atoms with Gasteiger partial charge in [0.15, 0.2) is 11.5 Å². The molecule has 3 rings (SSSR count). The molecule has 0 atom stereocenters. The molecule has 0 unspecified atom stereocenters. The lowest BCUT2D eigenvalue weighted by Gasteiger charge is -2.27. The van der Waals surface area contributed by atoms with Crippen molar-refractivity contribution in [1.82, 2.24) is 10.0 Å². The van der Waals surface area contributed by atoms with E-state index in [-0.39, 0.29) is 24.1 Å². The molecule has 0 bridgehead atoms. The van der Waals surface area contributed by atoms with Crippen molar-refractivity contribution in [2.45, 2.75) is 31.2 Å². The number of hydrogen-bond donors (Lipinski definition) is 3. The van der Waals surface area contributed by atoms with Gasteiger partial charge in [0.05, 0.1) is 11.4 Å². The summed E-state index contributed by atoms with van der Waals surface area (Å²) in [6, 6.07) is 10.4. The number of carbonyl (C=O) groups excluding carboxylic acids is 1. The van der Waals surface area contributed by atoms with Gasteiger partial charge in [0, 0.05) is 11.2 Å². The topological polar surface area (TPSA) is 106 Å². The lowest BCUT2D eigenvalue weighted by atomic mass is 9.94. The van der Waals surface area contributed by atoms with Gasteiger partial charge in [0.25, 0.3) is 0 Å². The zero-order valence-corrected chi connectivity index (χ0v) is 17.6. The van der Waals surface area contributed by atoms with Crippen LogP contribution in [0.4, 0.5) is 5.69 Å². The van der Waals surface area contributed by atoms with E-state index in [1.165, 1.54) is 13.1 Å². The molecule has 1 aliphatic heterocycles. The van der Waals surface area contributed by atoms with Crippen molar-refractivity contribution in [3.05, 3.63) is 47.5 Å². The maximum Gasteiger partial charge on any atom is 0.240 e. The van der Waals surface area contributed by atoms with E-state index in [0.29, 0.717) is 22.7 Å². The first-order valence-electron chi connectivity index (χ1n) is 9.11. The lowest BCUT2D eigenvalue weighted by molar-refractivity contribution is -0.115. The van der Waals surface area contributed by atoms with Crippen LogP contribution < -0.4 is 24.8 Å². The lowest BCUT2D eigenvalue weighted by Crippen LogP contribution is -2.41. The van der Waals surface area contributed by atoms with Gasteiger partial charge in [-0.1, -0.05) is 12.1 Å². The van der Waals surface area contributed by atoms with Crippen molar-refractivity contribution in [1.29, 1.82) is 0 Å². The number of benzene rings is 2. The highest BCUT2D eigenvalue weighted by Crippen LogP contribution is 2.35. The Labute approximate surface area is 170 Å². The van der Waals surface area contributed by atoms with E-state index >= 15 is 0 Å². The van der Waals surface area contributed by atoms with Crippen molar-refractivity contribution >= 4 is 21.6 Å². The summed E-state index contributed by atoms with van der Waals surface area (Å²) in [4.78, 5) is 12.5. The highest BCUT2D eigenvalue weighted by atomic mass is 32.2. The van der Waals surface area contributed by atoms with Gasteiger partial charge in [0.1, 0.15) is 0 Å². The Morgan fingerprint density at radius 1 is 1.10 bits per heavy atom. The van der Waals surface area contributed by atoms with E-state index in [4.69, 9.17) is 9.47 Å². The number of hydrogen-bond acceptors (Lipinski definition) is 6. The summed E-state index contributed by atoms with van der Waals surface area (Å²) in [7, 11) is -2.25. The summed E-state index contributed by atoms with van der Waals surface area (Å²) in [5.74, 6) is 1.10. The number of aryl methyl sites for hydroxylation is 1. The normalized spacial score (nSPS) is 13.4. The SMILES string of the molecule is CNS(=O)(=O)c1cc(NC(=O)CNC(C)(C)c2ccc3c(c2)OCO3)ccc1C. The Balaban J connectivity index is 1.66. The van der Waals surface area contributed by atoms with E-state index in [1.54, 1.807) is 19.1 Å². The second-order valence-corrected chi connectivity index (χ2v) is 9.14. The number of sulfonamides is 1. The van der Waals surface area contributed by atoms with Gasteiger partial charge < -0.3 is 14.8 Å². The molecule has 156 valence electrons. The molecule has 2 aromatic rings. The van der Waals surface area contributed by atoms with Gasteiger partial charge in [-0.3, -0.25) is 10.1 Å². The molecule has 9 heteroatoms. The van der Waals surface area contributed by atoms with E-state index in [9.17, 15) is 13.2 Å². The highest BCUT2D eigenvalue weighted by Gasteiger charge is 2.24. The average molecular weight is 420 g/mol. The molecule has 0 aromatic heterocycles. The third-order valence-corrected chi connectivity index (χ3v) is 6.37. The van der Waals surface area contributed by atoms with Gasteiger partial charge in [-0.15, -0.1) is 0 Å². The van der Waals surface area contributed by atoms with E-state index < -0.39 is 15.6 Å². The van der Waals surface area contributed by atoms with E-state index in [0.717, 1.165) is 5.56 Å². The number of fused-ring (bicyclic) bond motifs is 1. The van der Waals surface area contributed by atoms with Crippen LogP contribution in [0.15, 0.2) is 41.3 Å². The molecule has 0 fully saturated rings. The predicted octanol–water partition coefficient (Wildman–Crippen LogP) is 2.10. The van der Waals surface area contributed by atoms with Crippen molar-refractivity contribution in [3.8, 4) is 11.5 Å². The van der Waals surface area contributed by atoms with Crippen LogP contribution in [0.1, 0.15) is 25.0 Å². The van der Waals surface area contributed by atoms with Crippen molar-refractivity contribution in [2.75, 3.05) is 25.7 Å². The van der Waals surface area contributed by atoms with Crippen LogP contribution in [-0.2, 0) is 20.4 Å². The van der Waals surface area contributed by atoms with Gasteiger partial charge in [-0.2, -0.15) is 0 Å². The number of carbonyl (C=O) groups is 1. The van der Waals surface area contributed by atoms with Crippen molar-refractivity contribution < 1.29 is 22.7 Å². The summed E-state index contributed by atoms with van der Waals surface area (Å²) in [5, 5.41) is 5.95. The number of nitrogens with one attached hydrogen (secondary N) is 3. The van der Waals surface area contributed by atoms with Crippen LogP contribution >= 0.6 is 0 Å². The molecule has 0 aliphatic carbocycles. The quantitative estimate of drug-likeness (QED) is 0.635. The Bertz CT molecular complexity index is 1030. The highest BCUT2D eigenvalue weighted by molar-refractivity contribution is 7.89. The fourth-order valence-electron chi connectivity index (χ4n) is 2.97. The Hall–Kier alpha value is -2.62. The Kier molecular flexibility index (Phi) is 5.83. The molecule has 0 saturated heterocycles. The van der Waals surface area contributed by atoms with E-state index in [1.807, 2.05) is 32.0 Å². The third kappa shape index (κ3) is 4.69. The van der Waals surface area contributed by atoms with Gasteiger partial charge >= 0.3 is 0 Å². The second-order valence-electron chi connectivity index (χ2n) is 7.28. The Morgan fingerprint density at radius 3 is 2.55 bits per heavy atom. The zero-order chi connectivity index (χ0) is 21.2. The summed E-state index contributed by atoms with van der Waals surface area (Å²) in [5.41, 5.74) is 1.47. The van der Waals surface area contributed by atoms with Crippen LogP contribution in [0.3, 0.4) is 0 Å². The first-order valence-corrected chi connectivity index (χ1v) is 10.6. The fourth-order valence-corrected chi connectivity index (χ4v) is 3.97. The van der Waals surface area contributed by atoms with Gasteiger partial charge in [-0.05, 0) is 63.2 Å². The molecule has 0 saturated carbocycles. The minimum absolute atomic E-state index is 0.0451. The van der Waals surface area contributed by atoms with Crippen LogP contribution in [0.25, 0.3) is 0 Å². The monoisotopic (exact) mass is 419 g/mol. The number of amides is 1. The van der Waals surface area contributed by atoms with Gasteiger partial charge in [-0.25, -0.2) is 13.1 Å². The van der Waals surface area contributed by atoms with Gasteiger partial charge in [0.2, 0.25) is 22.7 Å². The van der Waals surface area contributed by atoms with Crippen LogP contribution in [-0.4, -0.2) is 34.7 Å². The average Bonchev–Trinajstić information content (AvgIpc) is 3.16. The smallest absolute Gasteiger partial charge is 0.240 e. The summed E-state index contributed by atoms with van der Waals surface area (Å²) >= 11 is 0. The molecule has 1 heterocycles. The molecule has 0 spiro atoms. The zero-order valence-electron chi connectivity index (χ0n) is 16.8. The molecule has 3 N–H and O–H groups in total.